The lowest BCUT2D eigenvalue weighted by atomic mass is 9.72. The molecule has 5 heterocycles. The summed E-state index contributed by atoms with van der Waals surface area (Å²) in [5, 5.41) is 1.75. The van der Waals surface area contributed by atoms with Gasteiger partial charge in [-0.05, 0) is 78.3 Å². The highest BCUT2D eigenvalue weighted by molar-refractivity contribution is 6.30. The number of nitrogens with zero attached hydrogens (tertiary/aromatic N) is 4. The number of pyridine rings is 1. The molecule has 2 atom stereocenters. The molecule has 250 valence electrons. The first-order chi connectivity index (χ1) is 23.3. The number of nitrogens with one attached hydrogen (secondary N) is 1. The number of rotatable bonds is 6. The number of ether oxygens (including phenoxy) is 3. The standard InChI is InChI=1S/C38H42ClN5O4/c1-38(2)12-10-26(30(20-38)24-4-6-27(39)7-5-24)21-42-14-16-43(17-15-42)28-8-9-29(37(45)46-3)31(19-28)44-32-18-25-11-13-40-35(25)41-36(32)48-34-23-47-22-33(34)44/h4-9,11,13,18-19,33-34H,10,12,14-17,20-23H2,1-3H3,(H,40,41)/t33-,34-/m1/s1. The molecule has 48 heavy (non-hydrogen) atoms. The number of halogens is 1. The van der Waals surface area contributed by atoms with Crippen LogP contribution in [0.15, 0.2) is 66.4 Å². The van der Waals surface area contributed by atoms with E-state index in [1.165, 1.54) is 24.7 Å². The van der Waals surface area contributed by atoms with Crippen LogP contribution in [0.25, 0.3) is 16.6 Å². The zero-order chi connectivity index (χ0) is 33.0. The molecule has 4 aromatic rings. The van der Waals surface area contributed by atoms with Crippen LogP contribution in [-0.2, 0) is 9.47 Å². The van der Waals surface area contributed by atoms with Gasteiger partial charge in [-0.3, -0.25) is 4.90 Å². The van der Waals surface area contributed by atoms with Gasteiger partial charge in [-0.15, -0.1) is 0 Å². The summed E-state index contributed by atoms with van der Waals surface area (Å²) < 4.78 is 17.5. The van der Waals surface area contributed by atoms with Crippen molar-refractivity contribution >= 4 is 51.2 Å². The number of benzene rings is 2. The van der Waals surface area contributed by atoms with Crippen LogP contribution >= 0.6 is 11.6 Å². The van der Waals surface area contributed by atoms with Crippen LogP contribution in [0.3, 0.4) is 0 Å². The minimum atomic E-state index is -0.374. The molecule has 1 N–H and O–H groups in total. The van der Waals surface area contributed by atoms with Crippen LogP contribution in [0.5, 0.6) is 5.88 Å². The van der Waals surface area contributed by atoms with Crippen LogP contribution in [0.2, 0.25) is 5.02 Å². The van der Waals surface area contributed by atoms with Crippen molar-refractivity contribution in [2.24, 2.45) is 5.41 Å². The van der Waals surface area contributed by atoms with Crippen molar-refractivity contribution < 1.29 is 19.0 Å². The van der Waals surface area contributed by atoms with Gasteiger partial charge in [-0.1, -0.05) is 43.2 Å². The summed E-state index contributed by atoms with van der Waals surface area (Å²) in [5.74, 6) is 0.158. The maximum Gasteiger partial charge on any atom is 0.339 e. The maximum atomic E-state index is 13.2. The fourth-order valence-corrected chi connectivity index (χ4v) is 7.94. The lowest BCUT2D eigenvalue weighted by Crippen LogP contribution is -2.48. The van der Waals surface area contributed by atoms with E-state index in [1.807, 2.05) is 36.5 Å². The molecule has 0 radical (unpaired) electrons. The van der Waals surface area contributed by atoms with Crippen LogP contribution in [0.4, 0.5) is 17.1 Å². The Kier molecular flexibility index (Phi) is 8.09. The third-order valence-electron chi connectivity index (χ3n) is 10.5. The number of anilines is 3. The second-order valence-electron chi connectivity index (χ2n) is 14.2. The van der Waals surface area contributed by atoms with Gasteiger partial charge in [-0.2, -0.15) is 4.98 Å². The van der Waals surface area contributed by atoms with E-state index in [0.29, 0.717) is 30.1 Å². The van der Waals surface area contributed by atoms with E-state index in [0.717, 1.165) is 78.7 Å². The Labute approximate surface area is 286 Å². The number of aromatic nitrogens is 2. The van der Waals surface area contributed by atoms with Gasteiger partial charge in [0.25, 0.3) is 0 Å². The molecule has 0 bridgehead atoms. The van der Waals surface area contributed by atoms with Crippen LogP contribution < -0.4 is 14.5 Å². The third kappa shape index (κ3) is 5.82. The molecule has 2 aromatic heterocycles. The molecule has 2 aromatic carbocycles. The normalized spacial score (nSPS) is 22.4. The predicted molar refractivity (Wildman–Crippen MR) is 190 cm³/mol. The van der Waals surface area contributed by atoms with Crippen LogP contribution in [-0.4, -0.2) is 86.0 Å². The van der Waals surface area contributed by atoms with Gasteiger partial charge in [0.1, 0.15) is 17.4 Å². The molecule has 4 aliphatic rings. The summed E-state index contributed by atoms with van der Waals surface area (Å²) in [7, 11) is 1.43. The van der Waals surface area contributed by atoms with E-state index >= 15 is 0 Å². The molecule has 2 saturated heterocycles. The largest absolute Gasteiger partial charge is 0.468 e. The van der Waals surface area contributed by atoms with Crippen LogP contribution in [0, 0.1) is 5.41 Å². The highest BCUT2D eigenvalue weighted by atomic mass is 35.5. The number of allylic oxidation sites excluding steroid dienone is 1. The average Bonchev–Trinajstić information content (AvgIpc) is 3.76. The van der Waals surface area contributed by atoms with E-state index in [-0.39, 0.29) is 18.1 Å². The Balaban J connectivity index is 1.07. The molecule has 10 heteroatoms. The SMILES string of the molecule is COC(=O)c1ccc(N2CCN(CC3=C(c4ccc(Cl)cc4)CC(C)(C)CC3)CC2)cc1N1c2cc3cc[nH]c3nc2O[C@@H]2COC[C@H]21. The van der Waals surface area contributed by atoms with E-state index in [4.69, 9.17) is 30.8 Å². The van der Waals surface area contributed by atoms with Crippen molar-refractivity contribution in [1.29, 1.82) is 0 Å². The Morgan fingerprint density at radius 1 is 1.04 bits per heavy atom. The number of hydrogen-bond acceptors (Lipinski definition) is 8. The number of esters is 1. The van der Waals surface area contributed by atoms with E-state index < -0.39 is 0 Å². The lowest BCUT2D eigenvalue weighted by molar-refractivity contribution is 0.0601. The van der Waals surface area contributed by atoms with Gasteiger partial charge in [0.2, 0.25) is 5.88 Å². The number of methoxy groups -OCH3 is 1. The monoisotopic (exact) mass is 667 g/mol. The smallest absolute Gasteiger partial charge is 0.339 e. The maximum absolute atomic E-state index is 13.2. The Hall–Kier alpha value is -4.05. The number of piperazine rings is 1. The fraction of sp³-hybridized carbons (Fsp3) is 0.421. The Bertz CT molecular complexity index is 1880. The first-order valence-electron chi connectivity index (χ1n) is 16.9. The third-order valence-corrected chi connectivity index (χ3v) is 10.8. The number of fused-ring (bicyclic) bond motifs is 3. The zero-order valence-electron chi connectivity index (χ0n) is 27.8. The molecule has 1 aliphatic carbocycles. The summed E-state index contributed by atoms with van der Waals surface area (Å²) in [6, 6.07) is 18.4. The first-order valence-corrected chi connectivity index (χ1v) is 17.3. The van der Waals surface area contributed by atoms with Crippen molar-refractivity contribution in [1.82, 2.24) is 14.9 Å². The highest BCUT2D eigenvalue weighted by Gasteiger charge is 2.43. The Morgan fingerprint density at radius 3 is 2.65 bits per heavy atom. The van der Waals surface area contributed by atoms with E-state index in [9.17, 15) is 4.79 Å². The molecule has 0 spiro atoms. The summed E-state index contributed by atoms with van der Waals surface area (Å²) in [6.07, 6.45) is 5.09. The van der Waals surface area contributed by atoms with Crippen molar-refractivity contribution in [3.8, 4) is 5.88 Å². The number of aromatic amines is 1. The van der Waals surface area contributed by atoms with Crippen molar-refractivity contribution in [3.63, 3.8) is 0 Å². The van der Waals surface area contributed by atoms with Gasteiger partial charge < -0.3 is 29.0 Å². The van der Waals surface area contributed by atoms with Gasteiger partial charge in [0.15, 0.2) is 0 Å². The predicted octanol–water partition coefficient (Wildman–Crippen LogP) is 7.09. The second kappa shape index (κ2) is 12.4. The molecule has 9 nitrogen and oxygen atoms in total. The van der Waals surface area contributed by atoms with Gasteiger partial charge in [0, 0.05) is 55.0 Å². The van der Waals surface area contributed by atoms with Crippen LogP contribution in [0.1, 0.15) is 49.0 Å². The summed E-state index contributed by atoms with van der Waals surface area (Å²) in [4.78, 5) is 28.4. The lowest BCUT2D eigenvalue weighted by Gasteiger charge is -2.41. The average molecular weight is 668 g/mol. The summed E-state index contributed by atoms with van der Waals surface area (Å²) in [6.45, 7) is 10.4. The highest BCUT2D eigenvalue weighted by Crippen LogP contribution is 2.46. The molecule has 8 rings (SSSR count). The number of H-pyrrole nitrogens is 1. The molecule has 2 fully saturated rings. The summed E-state index contributed by atoms with van der Waals surface area (Å²) >= 11 is 6.24. The Morgan fingerprint density at radius 2 is 1.85 bits per heavy atom. The number of carbonyl (C=O) groups excluding carboxylic acids is 1. The van der Waals surface area contributed by atoms with Gasteiger partial charge in [-0.25, -0.2) is 4.79 Å². The van der Waals surface area contributed by atoms with E-state index in [1.54, 1.807) is 5.57 Å². The van der Waals surface area contributed by atoms with Crippen molar-refractivity contribution in [2.75, 3.05) is 62.8 Å². The summed E-state index contributed by atoms with van der Waals surface area (Å²) in [5.41, 5.74) is 8.59. The molecule has 0 saturated carbocycles. The van der Waals surface area contributed by atoms with Gasteiger partial charge in [0.05, 0.1) is 37.6 Å². The molecule has 0 unspecified atom stereocenters. The quantitative estimate of drug-likeness (QED) is 0.218. The van der Waals surface area contributed by atoms with Crippen molar-refractivity contribution in [3.05, 3.63) is 82.5 Å². The van der Waals surface area contributed by atoms with E-state index in [2.05, 4.69) is 57.8 Å². The molecular formula is C38H42ClN5O4. The van der Waals surface area contributed by atoms with Crippen molar-refractivity contribution in [2.45, 2.75) is 45.3 Å². The first kappa shape index (κ1) is 31.2. The minimum Gasteiger partial charge on any atom is -0.468 e. The second-order valence-corrected chi connectivity index (χ2v) is 14.7. The topological polar surface area (TPSA) is 83.2 Å². The zero-order valence-corrected chi connectivity index (χ0v) is 28.6. The molecule has 0 amide bonds. The molecule has 3 aliphatic heterocycles. The minimum absolute atomic E-state index is 0.102. The number of carbonyl (C=O) groups is 1. The molecular weight excluding hydrogens is 626 g/mol. The van der Waals surface area contributed by atoms with Gasteiger partial charge >= 0.3 is 5.97 Å². The number of hydrogen-bond donors (Lipinski definition) is 1. The fourth-order valence-electron chi connectivity index (χ4n) is 7.82.